The number of hydrogen-bond acceptors (Lipinski definition) is 3. The lowest BCUT2D eigenvalue weighted by Crippen LogP contribution is -2.37. The summed E-state index contributed by atoms with van der Waals surface area (Å²) in [5.41, 5.74) is 0.930. The van der Waals surface area contributed by atoms with E-state index in [0.29, 0.717) is 12.0 Å². The van der Waals surface area contributed by atoms with E-state index in [0.717, 1.165) is 4.90 Å². The molecular weight excluding hydrogens is 280 g/mol. The monoisotopic (exact) mass is 297 g/mol. The lowest BCUT2D eigenvalue weighted by molar-refractivity contribution is 0.0509. The molecule has 0 heterocycles. The predicted molar refractivity (Wildman–Crippen MR) is 74.0 cm³/mol. The van der Waals surface area contributed by atoms with Crippen LogP contribution in [0.4, 0.5) is 8.78 Å². The van der Waals surface area contributed by atoms with Gasteiger partial charge in [-0.15, -0.1) is 0 Å². The standard InChI is InChI=1S/C15H17F2NO3/c16-14(17)11-18(8-10-20)15(21)13-6-4-12(5-7-13)3-1-2-9-19/h4-7,14,19-20H,2,8-11H2. The summed E-state index contributed by atoms with van der Waals surface area (Å²) in [6.07, 6.45) is -2.29. The lowest BCUT2D eigenvalue weighted by atomic mass is 10.1. The first-order valence-corrected chi connectivity index (χ1v) is 6.46. The normalized spacial score (nSPS) is 10.1. The van der Waals surface area contributed by atoms with Gasteiger partial charge < -0.3 is 15.1 Å². The topological polar surface area (TPSA) is 60.8 Å². The molecule has 0 aromatic heterocycles. The number of aliphatic hydroxyl groups excluding tert-OH is 2. The molecule has 0 unspecified atom stereocenters. The smallest absolute Gasteiger partial charge is 0.255 e. The maximum absolute atomic E-state index is 12.4. The van der Waals surface area contributed by atoms with Crippen molar-refractivity contribution in [2.75, 3.05) is 26.3 Å². The zero-order chi connectivity index (χ0) is 15.7. The Kier molecular flexibility index (Phi) is 7.37. The molecule has 0 spiro atoms. The number of alkyl halides is 2. The van der Waals surface area contributed by atoms with Crippen molar-refractivity contribution in [3.63, 3.8) is 0 Å². The summed E-state index contributed by atoms with van der Waals surface area (Å²) < 4.78 is 24.8. The quantitative estimate of drug-likeness (QED) is 0.774. The Morgan fingerprint density at radius 1 is 1.19 bits per heavy atom. The Bertz CT molecular complexity index is 506. The Labute approximate surface area is 122 Å². The zero-order valence-electron chi connectivity index (χ0n) is 11.4. The van der Waals surface area contributed by atoms with Gasteiger partial charge in [-0.25, -0.2) is 8.78 Å². The Balaban J connectivity index is 2.79. The molecule has 21 heavy (non-hydrogen) atoms. The van der Waals surface area contributed by atoms with Gasteiger partial charge in [-0.1, -0.05) is 11.8 Å². The molecule has 0 atom stereocenters. The largest absolute Gasteiger partial charge is 0.395 e. The van der Waals surface area contributed by atoms with Crippen molar-refractivity contribution < 1.29 is 23.8 Å². The molecule has 1 aromatic carbocycles. The first-order valence-electron chi connectivity index (χ1n) is 6.46. The van der Waals surface area contributed by atoms with Gasteiger partial charge >= 0.3 is 0 Å². The van der Waals surface area contributed by atoms with Crippen molar-refractivity contribution in [1.29, 1.82) is 0 Å². The second-order valence-electron chi connectivity index (χ2n) is 4.22. The molecule has 6 heteroatoms. The van der Waals surface area contributed by atoms with Crippen molar-refractivity contribution >= 4 is 5.91 Å². The molecule has 1 rings (SSSR count). The lowest BCUT2D eigenvalue weighted by Gasteiger charge is -2.21. The van der Waals surface area contributed by atoms with Crippen LogP contribution >= 0.6 is 0 Å². The van der Waals surface area contributed by atoms with Crippen LogP contribution < -0.4 is 0 Å². The molecule has 0 saturated carbocycles. The molecule has 1 amide bonds. The molecule has 0 bridgehead atoms. The van der Waals surface area contributed by atoms with E-state index in [2.05, 4.69) is 11.8 Å². The molecule has 0 fully saturated rings. The summed E-state index contributed by atoms with van der Waals surface area (Å²) in [4.78, 5) is 13.0. The fraction of sp³-hybridized carbons (Fsp3) is 0.400. The summed E-state index contributed by atoms with van der Waals surface area (Å²) in [5.74, 6) is 4.99. The van der Waals surface area contributed by atoms with Crippen LogP contribution in [0.25, 0.3) is 0 Å². The molecule has 4 nitrogen and oxygen atoms in total. The van der Waals surface area contributed by atoms with Gasteiger partial charge in [0, 0.05) is 24.1 Å². The van der Waals surface area contributed by atoms with Crippen molar-refractivity contribution in [1.82, 2.24) is 4.90 Å². The summed E-state index contributed by atoms with van der Waals surface area (Å²) >= 11 is 0. The molecule has 0 aliphatic heterocycles. The number of amides is 1. The van der Waals surface area contributed by atoms with Gasteiger partial charge in [-0.2, -0.15) is 0 Å². The highest BCUT2D eigenvalue weighted by Gasteiger charge is 2.19. The highest BCUT2D eigenvalue weighted by Crippen LogP contribution is 2.09. The van der Waals surface area contributed by atoms with Gasteiger partial charge in [0.05, 0.1) is 19.8 Å². The van der Waals surface area contributed by atoms with Crippen LogP contribution in [0.2, 0.25) is 0 Å². The third-order valence-corrected chi connectivity index (χ3v) is 2.62. The number of rotatable bonds is 6. The number of nitrogens with zero attached hydrogens (tertiary/aromatic N) is 1. The average Bonchev–Trinajstić information content (AvgIpc) is 2.47. The highest BCUT2D eigenvalue weighted by atomic mass is 19.3. The number of benzene rings is 1. The fourth-order valence-electron chi connectivity index (χ4n) is 1.66. The van der Waals surface area contributed by atoms with Crippen LogP contribution in [-0.4, -0.2) is 53.7 Å². The minimum atomic E-state index is -2.65. The van der Waals surface area contributed by atoms with Gasteiger partial charge in [-0.3, -0.25) is 4.79 Å². The van der Waals surface area contributed by atoms with Crippen LogP contribution in [-0.2, 0) is 0 Å². The van der Waals surface area contributed by atoms with Gasteiger partial charge in [0.2, 0.25) is 0 Å². The Morgan fingerprint density at radius 2 is 1.86 bits per heavy atom. The molecule has 0 aliphatic carbocycles. The van der Waals surface area contributed by atoms with Crippen molar-refractivity contribution in [2.24, 2.45) is 0 Å². The average molecular weight is 297 g/mol. The highest BCUT2D eigenvalue weighted by molar-refractivity contribution is 5.94. The van der Waals surface area contributed by atoms with Crippen LogP contribution in [0.15, 0.2) is 24.3 Å². The molecule has 114 valence electrons. The van der Waals surface area contributed by atoms with Crippen molar-refractivity contribution in [2.45, 2.75) is 12.8 Å². The van der Waals surface area contributed by atoms with Gasteiger partial charge in [0.15, 0.2) is 0 Å². The number of aliphatic hydroxyl groups is 2. The van der Waals surface area contributed by atoms with Crippen LogP contribution in [0.1, 0.15) is 22.3 Å². The number of halogens is 2. The fourth-order valence-corrected chi connectivity index (χ4v) is 1.66. The van der Waals surface area contributed by atoms with E-state index in [1.54, 1.807) is 12.1 Å². The third kappa shape index (κ3) is 5.90. The van der Waals surface area contributed by atoms with E-state index < -0.39 is 18.9 Å². The maximum Gasteiger partial charge on any atom is 0.255 e. The van der Waals surface area contributed by atoms with Crippen molar-refractivity contribution in [3.8, 4) is 11.8 Å². The van der Waals surface area contributed by atoms with Crippen LogP contribution in [0.5, 0.6) is 0 Å². The van der Waals surface area contributed by atoms with E-state index >= 15 is 0 Å². The van der Waals surface area contributed by atoms with E-state index in [1.807, 2.05) is 0 Å². The Hall–Kier alpha value is -1.97. The minimum Gasteiger partial charge on any atom is -0.395 e. The summed E-state index contributed by atoms with van der Waals surface area (Å²) in [6.45, 7) is -1.24. The molecule has 1 aromatic rings. The summed E-state index contributed by atoms with van der Waals surface area (Å²) in [7, 11) is 0. The van der Waals surface area contributed by atoms with Crippen LogP contribution in [0.3, 0.4) is 0 Å². The number of hydrogen-bond donors (Lipinski definition) is 2. The first kappa shape index (κ1) is 17.1. The summed E-state index contributed by atoms with van der Waals surface area (Å²) in [6, 6.07) is 6.22. The first-order chi connectivity index (χ1) is 10.1. The SMILES string of the molecule is O=C(c1ccc(C#CCCO)cc1)N(CCO)CC(F)F. The number of carbonyl (C=O) groups is 1. The molecule has 0 radical (unpaired) electrons. The van der Waals surface area contributed by atoms with Gasteiger partial charge in [0.25, 0.3) is 12.3 Å². The second kappa shape index (κ2) is 9.06. The molecule has 2 N–H and O–H groups in total. The van der Waals surface area contributed by atoms with Crippen LogP contribution in [0, 0.1) is 11.8 Å². The van der Waals surface area contributed by atoms with E-state index in [4.69, 9.17) is 10.2 Å². The van der Waals surface area contributed by atoms with Gasteiger partial charge in [-0.05, 0) is 24.3 Å². The van der Waals surface area contributed by atoms with E-state index in [1.165, 1.54) is 12.1 Å². The second-order valence-corrected chi connectivity index (χ2v) is 4.22. The number of carbonyl (C=O) groups excluding carboxylic acids is 1. The van der Waals surface area contributed by atoms with E-state index in [9.17, 15) is 13.6 Å². The summed E-state index contributed by atoms with van der Waals surface area (Å²) in [5, 5.41) is 17.4. The van der Waals surface area contributed by atoms with E-state index in [-0.39, 0.29) is 25.3 Å². The minimum absolute atomic E-state index is 0.0205. The Morgan fingerprint density at radius 3 is 2.38 bits per heavy atom. The third-order valence-electron chi connectivity index (χ3n) is 2.62. The molecule has 0 saturated heterocycles. The van der Waals surface area contributed by atoms with Crippen molar-refractivity contribution in [3.05, 3.63) is 35.4 Å². The predicted octanol–water partition coefficient (Wildman–Crippen LogP) is 1.12. The molecular formula is C15H17F2NO3. The zero-order valence-corrected chi connectivity index (χ0v) is 11.4. The maximum atomic E-state index is 12.4. The molecule has 0 aliphatic rings. The van der Waals surface area contributed by atoms with Gasteiger partial charge in [0.1, 0.15) is 0 Å².